The first kappa shape index (κ1) is 12.9. The molecule has 2 atom stereocenters. The molecule has 98 valence electrons. The third-order valence-electron chi connectivity index (χ3n) is 2.96. The Morgan fingerprint density at radius 1 is 1.28 bits per heavy atom. The van der Waals surface area contributed by atoms with Crippen molar-refractivity contribution in [3.63, 3.8) is 0 Å². The van der Waals surface area contributed by atoms with E-state index in [0.717, 1.165) is 6.07 Å². The summed E-state index contributed by atoms with van der Waals surface area (Å²) in [4.78, 5) is 11.3. The Morgan fingerprint density at radius 2 is 1.94 bits per heavy atom. The molecule has 1 amide bonds. The Morgan fingerprint density at radius 3 is 2.56 bits per heavy atom. The molecule has 3 N–H and O–H groups in total. The van der Waals surface area contributed by atoms with Gasteiger partial charge in [0.2, 0.25) is 5.91 Å². The number of nitrogens with one attached hydrogen (secondary N) is 1. The molecule has 1 aliphatic heterocycles. The first-order valence-electron chi connectivity index (χ1n) is 5.59. The van der Waals surface area contributed by atoms with Gasteiger partial charge in [0.05, 0.1) is 11.6 Å². The normalized spacial score (nSPS) is 24.8. The summed E-state index contributed by atoms with van der Waals surface area (Å²) in [5.41, 5.74) is 5.03. The maximum atomic E-state index is 12.9. The van der Waals surface area contributed by atoms with Crippen molar-refractivity contribution < 1.29 is 18.0 Å². The predicted molar refractivity (Wildman–Crippen MR) is 59.5 cm³/mol. The fourth-order valence-electron chi connectivity index (χ4n) is 2.20. The molecule has 1 heterocycles. The van der Waals surface area contributed by atoms with E-state index in [2.05, 4.69) is 5.32 Å². The first-order chi connectivity index (χ1) is 8.38. The van der Waals surface area contributed by atoms with E-state index in [1.165, 1.54) is 18.2 Å². The molecule has 2 unspecified atom stereocenters. The van der Waals surface area contributed by atoms with E-state index in [1.807, 2.05) is 0 Å². The third-order valence-corrected chi connectivity index (χ3v) is 2.96. The molecular weight excluding hydrogens is 245 g/mol. The minimum absolute atomic E-state index is 0.0773. The number of carbonyl (C=O) groups excluding carboxylic acids is 1. The fraction of sp³-hybridized carbons (Fsp3) is 0.417. The fourth-order valence-corrected chi connectivity index (χ4v) is 2.20. The van der Waals surface area contributed by atoms with E-state index in [1.54, 1.807) is 0 Å². The quantitative estimate of drug-likeness (QED) is 0.809. The maximum absolute atomic E-state index is 12.9. The van der Waals surface area contributed by atoms with E-state index < -0.39 is 23.8 Å². The zero-order valence-electron chi connectivity index (χ0n) is 9.50. The van der Waals surface area contributed by atoms with Gasteiger partial charge in [-0.25, -0.2) is 0 Å². The summed E-state index contributed by atoms with van der Waals surface area (Å²) in [6.45, 7) is 0. The SMILES string of the molecule is NC1CC(=O)NC(c2ccccc2C(F)(F)F)C1. The number of nitrogens with two attached hydrogens (primary N) is 1. The highest BCUT2D eigenvalue weighted by Gasteiger charge is 2.36. The summed E-state index contributed by atoms with van der Waals surface area (Å²) in [6.07, 6.45) is -3.95. The number of rotatable bonds is 1. The molecule has 2 rings (SSSR count). The molecule has 0 aromatic heterocycles. The molecule has 0 spiro atoms. The summed E-state index contributed by atoms with van der Waals surface area (Å²) in [7, 11) is 0. The molecule has 0 aliphatic carbocycles. The maximum Gasteiger partial charge on any atom is 0.416 e. The van der Waals surface area contributed by atoms with Crippen molar-refractivity contribution in [3.8, 4) is 0 Å². The van der Waals surface area contributed by atoms with E-state index in [9.17, 15) is 18.0 Å². The Labute approximate surface area is 102 Å². The molecule has 0 radical (unpaired) electrons. The molecule has 0 bridgehead atoms. The zero-order valence-corrected chi connectivity index (χ0v) is 9.50. The van der Waals surface area contributed by atoms with Crippen LogP contribution in [-0.4, -0.2) is 11.9 Å². The van der Waals surface area contributed by atoms with Gasteiger partial charge < -0.3 is 11.1 Å². The smallest absolute Gasteiger partial charge is 0.349 e. The van der Waals surface area contributed by atoms with Gasteiger partial charge >= 0.3 is 6.18 Å². The van der Waals surface area contributed by atoms with Gasteiger partial charge in [-0.2, -0.15) is 13.2 Å². The number of hydrogen-bond acceptors (Lipinski definition) is 2. The number of hydrogen-bond donors (Lipinski definition) is 2. The summed E-state index contributed by atoms with van der Waals surface area (Å²) in [6, 6.07) is 4.19. The van der Waals surface area contributed by atoms with Crippen LogP contribution in [0.3, 0.4) is 0 Å². The van der Waals surface area contributed by atoms with Crippen LogP contribution in [0.4, 0.5) is 13.2 Å². The van der Waals surface area contributed by atoms with Crippen molar-refractivity contribution in [2.75, 3.05) is 0 Å². The molecule has 1 fully saturated rings. The van der Waals surface area contributed by atoms with Gasteiger partial charge in [-0.15, -0.1) is 0 Å². The van der Waals surface area contributed by atoms with Gasteiger partial charge in [-0.3, -0.25) is 4.79 Å². The van der Waals surface area contributed by atoms with Gasteiger partial charge in [0.1, 0.15) is 0 Å². The van der Waals surface area contributed by atoms with Gasteiger partial charge in [-0.05, 0) is 18.1 Å². The Bertz CT molecular complexity index is 459. The lowest BCUT2D eigenvalue weighted by atomic mass is 9.91. The van der Waals surface area contributed by atoms with Crippen LogP contribution in [0.5, 0.6) is 0 Å². The lowest BCUT2D eigenvalue weighted by Gasteiger charge is -2.29. The van der Waals surface area contributed by atoms with E-state index in [0.29, 0.717) is 6.42 Å². The van der Waals surface area contributed by atoms with Crippen LogP contribution >= 0.6 is 0 Å². The monoisotopic (exact) mass is 258 g/mol. The average molecular weight is 258 g/mol. The first-order valence-corrected chi connectivity index (χ1v) is 5.59. The topological polar surface area (TPSA) is 55.1 Å². The van der Waals surface area contributed by atoms with Crippen LogP contribution in [0.15, 0.2) is 24.3 Å². The summed E-state index contributed by atoms with van der Waals surface area (Å²) in [5, 5.41) is 2.56. The highest BCUT2D eigenvalue weighted by molar-refractivity contribution is 5.78. The average Bonchev–Trinajstić information content (AvgIpc) is 2.26. The standard InChI is InChI=1S/C12H13F3N2O/c13-12(14,15)9-4-2-1-3-8(9)10-5-7(16)6-11(18)17-10/h1-4,7,10H,5-6,16H2,(H,17,18). The van der Waals surface area contributed by atoms with E-state index >= 15 is 0 Å². The molecule has 1 aromatic rings. The number of carbonyl (C=O) groups is 1. The minimum Gasteiger partial charge on any atom is -0.349 e. The van der Waals surface area contributed by atoms with Crippen molar-refractivity contribution in [3.05, 3.63) is 35.4 Å². The van der Waals surface area contributed by atoms with Gasteiger partial charge in [-0.1, -0.05) is 18.2 Å². The number of alkyl halides is 3. The van der Waals surface area contributed by atoms with Crippen LogP contribution in [0.1, 0.15) is 30.0 Å². The van der Waals surface area contributed by atoms with Crippen LogP contribution in [0.2, 0.25) is 0 Å². The largest absolute Gasteiger partial charge is 0.416 e. The van der Waals surface area contributed by atoms with Crippen molar-refractivity contribution in [1.29, 1.82) is 0 Å². The number of benzene rings is 1. The summed E-state index contributed by atoms with van der Waals surface area (Å²) >= 11 is 0. The number of amides is 1. The van der Waals surface area contributed by atoms with Crippen molar-refractivity contribution >= 4 is 5.91 Å². The number of halogens is 3. The molecule has 1 aromatic carbocycles. The zero-order chi connectivity index (χ0) is 13.3. The lowest BCUT2D eigenvalue weighted by Crippen LogP contribution is -2.43. The summed E-state index contributed by atoms with van der Waals surface area (Å²) < 4.78 is 38.6. The van der Waals surface area contributed by atoms with Crippen LogP contribution in [0.25, 0.3) is 0 Å². The second-order valence-electron chi connectivity index (χ2n) is 4.41. The molecule has 1 aliphatic rings. The van der Waals surface area contributed by atoms with Crippen molar-refractivity contribution in [2.45, 2.75) is 31.1 Å². The summed E-state index contributed by atoms with van der Waals surface area (Å²) in [5.74, 6) is -0.310. The van der Waals surface area contributed by atoms with Crippen molar-refractivity contribution in [2.24, 2.45) is 5.73 Å². The lowest BCUT2D eigenvalue weighted by molar-refractivity contribution is -0.139. The molecular formula is C12H13F3N2O. The van der Waals surface area contributed by atoms with Gasteiger partial charge in [0, 0.05) is 12.5 Å². The van der Waals surface area contributed by atoms with Crippen LogP contribution < -0.4 is 11.1 Å². The van der Waals surface area contributed by atoms with E-state index in [4.69, 9.17) is 5.73 Å². The molecule has 18 heavy (non-hydrogen) atoms. The predicted octanol–water partition coefficient (Wildman–Crippen LogP) is 1.98. The van der Waals surface area contributed by atoms with Gasteiger partial charge in [0.15, 0.2) is 0 Å². The third kappa shape index (κ3) is 2.64. The highest BCUT2D eigenvalue weighted by Crippen LogP contribution is 2.36. The molecule has 0 saturated carbocycles. The molecule has 6 heteroatoms. The van der Waals surface area contributed by atoms with Crippen LogP contribution in [0, 0.1) is 0 Å². The minimum atomic E-state index is -4.43. The molecule has 3 nitrogen and oxygen atoms in total. The highest BCUT2D eigenvalue weighted by atomic mass is 19.4. The van der Waals surface area contributed by atoms with Crippen molar-refractivity contribution in [1.82, 2.24) is 5.32 Å². The van der Waals surface area contributed by atoms with E-state index in [-0.39, 0.29) is 17.9 Å². The Hall–Kier alpha value is -1.56. The number of piperidine rings is 1. The Kier molecular flexibility index (Phi) is 3.30. The second-order valence-corrected chi connectivity index (χ2v) is 4.41. The Balaban J connectivity index is 2.36. The molecule has 1 saturated heterocycles. The van der Waals surface area contributed by atoms with Crippen LogP contribution in [-0.2, 0) is 11.0 Å². The van der Waals surface area contributed by atoms with Gasteiger partial charge in [0.25, 0.3) is 0 Å². The second kappa shape index (κ2) is 4.61.